The summed E-state index contributed by atoms with van der Waals surface area (Å²) in [5.74, 6) is 0.126. The van der Waals surface area contributed by atoms with Crippen LogP contribution in [0.1, 0.15) is 5.69 Å². The molecule has 2 rings (SSSR count). The summed E-state index contributed by atoms with van der Waals surface area (Å²) in [7, 11) is 1.80. The number of likely N-dealkylation sites (N-methyl/N-ethyl adjacent to an activating group) is 1. The van der Waals surface area contributed by atoms with Crippen LogP contribution in [-0.4, -0.2) is 27.6 Å². The highest BCUT2D eigenvalue weighted by Crippen LogP contribution is 2.09. The van der Waals surface area contributed by atoms with E-state index in [-0.39, 0.29) is 5.91 Å². The number of fused-ring (bicyclic) bond motifs is 1. The van der Waals surface area contributed by atoms with Crippen LogP contribution in [0.15, 0.2) is 12.3 Å². The van der Waals surface area contributed by atoms with Gasteiger partial charge in [-0.05, 0) is 6.07 Å². The first-order valence-corrected chi connectivity index (χ1v) is 3.52. The van der Waals surface area contributed by atoms with Crippen molar-refractivity contribution < 1.29 is 4.79 Å². The van der Waals surface area contributed by atoms with Crippen molar-refractivity contribution in [1.82, 2.24) is 14.7 Å². The molecule has 58 valence electrons. The Morgan fingerprint density at radius 3 is 3.18 bits per heavy atom. The quantitative estimate of drug-likeness (QED) is 0.517. The van der Waals surface area contributed by atoms with Gasteiger partial charge in [-0.15, -0.1) is 0 Å². The van der Waals surface area contributed by atoms with E-state index in [2.05, 4.69) is 5.10 Å². The van der Waals surface area contributed by atoms with Crippen molar-refractivity contribution in [2.24, 2.45) is 0 Å². The van der Waals surface area contributed by atoms with Crippen LogP contribution in [0.2, 0.25) is 0 Å². The number of rotatable bonds is 0. The first-order valence-electron chi connectivity index (χ1n) is 3.52. The largest absolute Gasteiger partial charge is 0.338 e. The van der Waals surface area contributed by atoms with Gasteiger partial charge in [-0.2, -0.15) is 5.10 Å². The minimum Gasteiger partial charge on any atom is -0.338 e. The maximum atomic E-state index is 11.1. The smallest absolute Gasteiger partial charge is 0.244 e. The Bertz CT molecular complexity index is 292. The van der Waals surface area contributed by atoms with Crippen LogP contribution in [-0.2, 0) is 17.9 Å². The third-order valence-corrected chi connectivity index (χ3v) is 1.91. The highest BCUT2D eigenvalue weighted by atomic mass is 16.2. The van der Waals surface area contributed by atoms with Crippen LogP contribution in [0.25, 0.3) is 0 Å². The first-order chi connectivity index (χ1) is 5.27. The van der Waals surface area contributed by atoms with Gasteiger partial charge in [0, 0.05) is 13.2 Å². The van der Waals surface area contributed by atoms with Gasteiger partial charge in [0.05, 0.1) is 12.2 Å². The molecule has 0 aliphatic carbocycles. The maximum absolute atomic E-state index is 11.1. The highest BCUT2D eigenvalue weighted by molar-refractivity contribution is 5.76. The van der Waals surface area contributed by atoms with Crippen LogP contribution in [0.5, 0.6) is 0 Å². The number of nitrogens with zero attached hydrogens (tertiary/aromatic N) is 3. The molecule has 0 radical (unpaired) electrons. The van der Waals surface area contributed by atoms with Gasteiger partial charge in [0.25, 0.3) is 0 Å². The van der Waals surface area contributed by atoms with E-state index in [1.807, 2.05) is 6.07 Å². The average molecular weight is 151 g/mol. The van der Waals surface area contributed by atoms with Crippen LogP contribution in [0, 0.1) is 0 Å². The molecule has 1 aromatic heterocycles. The van der Waals surface area contributed by atoms with Gasteiger partial charge in [-0.3, -0.25) is 9.48 Å². The van der Waals surface area contributed by atoms with Gasteiger partial charge in [-0.25, -0.2) is 0 Å². The Morgan fingerprint density at radius 2 is 2.36 bits per heavy atom. The lowest BCUT2D eigenvalue weighted by Gasteiger charge is -2.23. The summed E-state index contributed by atoms with van der Waals surface area (Å²) in [4.78, 5) is 12.8. The standard InChI is InChI=1S/C7H9N3O/c1-9-4-6-2-3-8-10(6)5-7(9)11/h2-3H,4-5H2,1H3. The molecule has 0 unspecified atom stereocenters. The molecule has 0 aromatic carbocycles. The molecule has 2 heterocycles. The lowest BCUT2D eigenvalue weighted by Crippen LogP contribution is -2.36. The number of carbonyl (C=O) groups excluding carboxylic acids is 1. The topological polar surface area (TPSA) is 38.1 Å². The minimum absolute atomic E-state index is 0.126. The molecule has 0 spiro atoms. The Balaban J connectivity index is 2.37. The number of hydrogen-bond donors (Lipinski definition) is 0. The molecule has 4 heteroatoms. The van der Waals surface area contributed by atoms with E-state index in [4.69, 9.17) is 0 Å². The summed E-state index contributed by atoms with van der Waals surface area (Å²) in [6.07, 6.45) is 1.72. The van der Waals surface area contributed by atoms with E-state index in [0.717, 1.165) is 5.69 Å². The second kappa shape index (κ2) is 2.08. The number of amides is 1. The Labute approximate surface area is 64.4 Å². The molecule has 0 N–H and O–H groups in total. The zero-order valence-electron chi connectivity index (χ0n) is 6.32. The molecule has 0 saturated carbocycles. The molecule has 0 fully saturated rings. The molecule has 1 aliphatic rings. The molecule has 1 amide bonds. The van der Waals surface area contributed by atoms with Crippen molar-refractivity contribution in [3.8, 4) is 0 Å². The Morgan fingerprint density at radius 1 is 1.55 bits per heavy atom. The zero-order valence-corrected chi connectivity index (χ0v) is 6.32. The predicted molar refractivity (Wildman–Crippen MR) is 38.7 cm³/mol. The monoisotopic (exact) mass is 151 g/mol. The molecule has 1 aliphatic heterocycles. The fourth-order valence-electron chi connectivity index (χ4n) is 1.22. The van der Waals surface area contributed by atoms with Gasteiger partial charge in [0.1, 0.15) is 6.54 Å². The highest BCUT2D eigenvalue weighted by Gasteiger charge is 2.18. The van der Waals surface area contributed by atoms with Gasteiger partial charge >= 0.3 is 0 Å². The Kier molecular flexibility index (Phi) is 1.21. The summed E-state index contributed by atoms with van der Waals surface area (Å²) in [5.41, 5.74) is 1.10. The lowest BCUT2D eigenvalue weighted by atomic mass is 10.3. The minimum atomic E-state index is 0.126. The number of carbonyl (C=O) groups is 1. The molecule has 0 bridgehead atoms. The molecular weight excluding hydrogens is 142 g/mol. The molecule has 0 saturated heterocycles. The van der Waals surface area contributed by atoms with Crippen LogP contribution in [0.3, 0.4) is 0 Å². The number of hydrogen-bond acceptors (Lipinski definition) is 2. The van der Waals surface area contributed by atoms with E-state index in [9.17, 15) is 4.79 Å². The van der Waals surface area contributed by atoms with Crippen molar-refractivity contribution in [1.29, 1.82) is 0 Å². The van der Waals surface area contributed by atoms with Crippen LogP contribution >= 0.6 is 0 Å². The lowest BCUT2D eigenvalue weighted by molar-refractivity contribution is -0.132. The maximum Gasteiger partial charge on any atom is 0.244 e. The second-order valence-corrected chi connectivity index (χ2v) is 2.73. The molecule has 11 heavy (non-hydrogen) atoms. The molecular formula is C7H9N3O. The van der Waals surface area contributed by atoms with E-state index < -0.39 is 0 Å². The van der Waals surface area contributed by atoms with Crippen molar-refractivity contribution in [3.05, 3.63) is 18.0 Å². The van der Waals surface area contributed by atoms with Gasteiger partial charge < -0.3 is 4.90 Å². The second-order valence-electron chi connectivity index (χ2n) is 2.73. The first kappa shape index (κ1) is 6.39. The fraction of sp³-hybridized carbons (Fsp3) is 0.429. The Hall–Kier alpha value is -1.32. The third kappa shape index (κ3) is 0.906. The third-order valence-electron chi connectivity index (χ3n) is 1.91. The summed E-state index contributed by atoms with van der Waals surface area (Å²) < 4.78 is 1.74. The molecule has 1 aromatic rings. The molecule has 4 nitrogen and oxygen atoms in total. The van der Waals surface area contributed by atoms with Crippen molar-refractivity contribution in [2.45, 2.75) is 13.1 Å². The van der Waals surface area contributed by atoms with Crippen molar-refractivity contribution >= 4 is 5.91 Å². The summed E-state index contributed by atoms with van der Waals surface area (Å²) in [6.45, 7) is 1.07. The SMILES string of the molecule is CN1Cc2ccnn2CC1=O. The van der Waals surface area contributed by atoms with E-state index >= 15 is 0 Å². The van der Waals surface area contributed by atoms with Crippen LogP contribution in [0.4, 0.5) is 0 Å². The van der Waals surface area contributed by atoms with E-state index in [1.165, 1.54) is 0 Å². The summed E-state index contributed by atoms with van der Waals surface area (Å²) in [5, 5.41) is 4.01. The van der Waals surface area contributed by atoms with Crippen molar-refractivity contribution in [2.75, 3.05) is 7.05 Å². The number of aromatic nitrogens is 2. The predicted octanol–water partition coefficient (Wildman–Crippen LogP) is -0.145. The zero-order chi connectivity index (χ0) is 7.84. The van der Waals surface area contributed by atoms with Gasteiger partial charge in [0.2, 0.25) is 5.91 Å². The summed E-state index contributed by atoms with van der Waals surface area (Å²) in [6, 6.07) is 1.93. The fourth-order valence-corrected chi connectivity index (χ4v) is 1.22. The van der Waals surface area contributed by atoms with Gasteiger partial charge in [-0.1, -0.05) is 0 Å². The normalized spacial score (nSPS) is 16.8. The van der Waals surface area contributed by atoms with Gasteiger partial charge in [0.15, 0.2) is 0 Å². The van der Waals surface area contributed by atoms with Crippen molar-refractivity contribution in [3.63, 3.8) is 0 Å². The van der Waals surface area contributed by atoms with Crippen LogP contribution < -0.4 is 0 Å². The van der Waals surface area contributed by atoms with E-state index in [1.54, 1.807) is 22.8 Å². The summed E-state index contributed by atoms with van der Waals surface area (Å²) >= 11 is 0. The average Bonchev–Trinajstić information content (AvgIpc) is 2.36. The van der Waals surface area contributed by atoms with E-state index in [0.29, 0.717) is 13.1 Å². The molecule has 0 atom stereocenters.